The molecule has 15 heavy (non-hydrogen) atoms. The van der Waals surface area contributed by atoms with Crippen LogP contribution in [-0.2, 0) is 14.4 Å². The van der Waals surface area contributed by atoms with Crippen LogP contribution in [0.25, 0.3) is 0 Å². The summed E-state index contributed by atoms with van der Waals surface area (Å²) in [5.41, 5.74) is 9.99. The number of carbonyl (C=O) groups is 3. The van der Waals surface area contributed by atoms with Crippen LogP contribution < -0.4 is 16.8 Å². The number of amides is 2. The zero-order valence-electron chi connectivity index (χ0n) is 8.23. The average Bonchev–Trinajstić information content (AvgIpc) is 2.11. The lowest BCUT2D eigenvalue weighted by Gasteiger charge is -2.12. The fourth-order valence-electron chi connectivity index (χ4n) is 0.942. The number of rotatable bonds is 7. The summed E-state index contributed by atoms with van der Waals surface area (Å²) in [5, 5.41) is 11.0. The van der Waals surface area contributed by atoms with Gasteiger partial charge in [-0.3, -0.25) is 9.59 Å². The number of carbonyl (C=O) groups excluding carboxylic acids is 2. The van der Waals surface area contributed by atoms with E-state index in [1.807, 2.05) is 0 Å². The molecule has 0 aromatic rings. The molecule has 0 heterocycles. The minimum Gasteiger partial charge on any atom is -0.480 e. The summed E-state index contributed by atoms with van der Waals surface area (Å²) in [4.78, 5) is 32.1. The Labute approximate surface area is 86.8 Å². The van der Waals surface area contributed by atoms with Gasteiger partial charge >= 0.3 is 5.97 Å². The van der Waals surface area contributed by atoms with Crippen LogP contribution in [0.3, 0.4) is 0 Å². The third-order valence-corrected chi connectivity index (χ3v) is 1.68. The first kappa shape index (κ1) is 13.4. The van der Waals surface area contributed by atoms with Gasteiger partial charge in [0.25, 0.3) is 0 Å². The number of carboxylic acid groups (broad SMARTS) is 1. The van der Waals surface area contributed by atoms with Crippen LogP contribution >= 0.6 is 0 Å². The molecule has 0 aliphatic carbocycles. The van der Waals surface area contributed by atoms with Crippen LogP contribution in [0, 0.1) is 0 Å². The highest BCUT2D eigenvalue weighted by molar-refractivity contribution is 5.84. The van der Waals surface area contributed by atoms with Crippen LogP contribution in [0.5, 0.6) is 0 Å². The van der Waals surface area contributed by atoms with Crippen molar-refractivity contribution in [2.45, 2.75) is 25.3 Å². The Balaban J connectivity index is 4.10. The Morgan fingerprint density at radius 3 is 2.27 bits per heavy atom. The SMILES string of the molecule is NCCC(=O)NC(CCC(N)=O)C(=O)O. The van der Waals surface area contributed by atoms with Gasteiger partial charge in [-0.1, -0.05) is 0 Å². The largest absolute Gasteiger partial charge is 0.480 e. The average molecular weight is 217 g/mol. The summed E-state index contributed by atoms with van der Waals surface area (Å²) in [6.07, 6.45) is -0.0405. The van der Waals surface area contributed by atoms with E-state index in [1.165, 1.54) is 0 Å². The van der Waals surface area contributed by atoms with Crippen LogP contribution in [0.2, 0.25) is 0 Å². The number of primary amides is 1. The maximum atomic E-state index is 11.0. The minimum absolute atomic E-state index is 0.0129. The molecule has 0 rings (SSSR count). The Morgan fingerprint density at radius 1 is 1.27 bits per heavy atom. The highest BCUT2D eigenvalue weighted by Gasteiger charge is 2.19. The summed E-state index contributed by atoms with van der Waals surface area (Å²) in [6.45, 7) is 0.147. The Bertz CT molecular complexity index is 254. The van der Waals surface area contributed by atoms with Crippen molar-refractivity contribution >= 4 is 17.8 Å². The van der Waals surface area contributed by atoms with E-state index < -0.39 is 23.8 Å². The second-order valence-corrected chi connectivity index (χ2v) is 3.00. The van der Waals surface area contributed by atoms with E-state index in [9.17, 15) is 14.4 Å². The van der Waals surface area contributed by atoms with Gasteiger partial charge in [0, 0.05) is 19.4 Å². The predicted octanol–water partition coefficient (Wildman–Crippen LogP) is -1.83. The molecule has 0 saturated carbocycles. The van der Waals surface area contributed by atoms with Crippen LogP contribution in [0.4, 0.5) is 0 Å². The van der Waals surface area contributed by atoms with Crippen molar-refractivity contribution in [1.29, 1.82) is 0 Å². The molecule has 86 valence electrons. The van der Waals surface area contributed by atoms with Crippen molar-refractivity contribution in [2.75, 3.05) is 6.54 Å². The van der Waals surface area contributed by atoms with Crippen LogP contribution in [-0.4, -0.2) is 35.5 Å². The monoisotopic (exact) mass is 217 g/mol. The van der Waals surface area contributed by atoms with Crippen molar-refractivity contribution in [3.8, 4) is 0 Å². The van der Waals surface area contributed by atoms with Crippen molar-refractivity contribution < 1.29 is 19.5 Å². The molecule has 2 amide bonds. The van der Waals surface area contributed by atoms with Gasteiger partial charge in [0.05, 0.1) is 0 Å². The molecule has 0 aromatic carbocycles. The summed E-state index contributed by atoms with van der Waals surface area (Å²) in [5.74, 6) is -2.25. The fraction of sp³-hybridized carbons (Fsp3) is 0.625. The van der Waals surface area contributed by atoms with Crippen molar-refractivity contribution in [2.24, 2.45) is 11.5 Å². The Morgan fingerprint density at radius 2 is 1.87 bits per heavy atom. The molecule has 0 spiro atoms. The third kappa shape index (κ3) is 6.44. The zero-order valence-corrected chi connectivity index (χ0v) is 8.23. The molecule has 7 heteroatoms. The standard InChI is InChI=1S/C8H15N3O4/c9-4-3-7(13)11-5(8(14)15)1-2-6(10)12/h5H,1-4,9H2,(H2,10,12)(H,11,13)(H,14,15). The molecular weight excluding hydrogens is 202 g/mol. The lowest BCUT2D eigenvalue weighted by molar-refractivity contribution is -0.142. The molecule has 1 unspecified atom stereocenters. The predicted molar refractivity (Wildman–Crippen MR) is 51.7 cm³/mol. The number of hydrogen-bond donors (Lipinski definition) is 4. The third-order valence-electron chi connectivity index (χ3n) is 1.68. The second kappa shape index (κ2) is 6.77. The number of nitrogens with one attached hydrogen (secondary N) is 1. The summed E-state index contributed by atoms with van der Waals surface area (Å²) >= 11 is 0. The summed E-state index contributed by atoms with van der Waals surface area (Å²) in [7, 11) is 0. The number of nitrogens with two attached hydrogens (primary N) is 2. The Kier molecular flexibility index (Phi) is 6.03. The maximum Gasteiger partial charge on any atom is 0.326 e. The van der Waals surface area contributed by atoms with Crippen molar-refractivity contribution in [1.82, 2.24) is 5.32 Å². The van der Waals surface area contributed by atoms with E-state index in [0.717, 1.165) is 0 Å². The Hall–Kier alpha value is -1.63. The fourth-order valence-corrected chi connectivity index (χ4v) is 0.942. The first-order valence-electron chi connectivity index (χ1n) is 4.48. The van der Waals surface area contributed by atoms with Gasteiger partial charge in [0.2, 0.25) is 11.8 Å². The first-order chi connectivity index (χ1) is 6.97. The molecule has 0 saturated heterocycles. The number of hydrogen-bond acceptors (Lipinski definition) is 4. The molecule has 6 N–H and O–H groups in total. The molecule has 0 fully saturated rings. The van der Waals surface area contributed by atoms with Crippen LogP contribution in [0.1, 0.15) is 19.3 Å². The molecule has 0 aliphatic heterocycles. The van der Waals surface area contributed by atoms with Gasteiger partial charge in [0.1, 0.15) is 6.04 Å². The van der Waals surface area contributed by atoms with Gasteiger partial charge < -0.3 is 21.9 Å². The van der Waals surface area contributed by atoms with E-state index in [1.54, 1.807) is 0 Å². The van der Waals surface area contributed by atoms with E-state index >= 15 is 0 Å². The van der Waals surface area contributed by atoms with E-state index in [0.29, 0.717) is 0 Å². The minimum atomic E-state index is -1.19. The maximum absolute atomic E-state index is 11.0. The first-order valence-corrected chi connectivity index (χ1v) is 4.48. The number of carboxylic acids is 1. The van der Waals surface area contributed by atoms with Gasteiger partial charge in [-0.2, -0.15) is 0 Å². The molecule has 7 nitrogen and oxygen atoms in total. The highest BCUT2D eigenvalue weighted by atomic mass is 16.4. The van der Waals surface area contributed by atoms with Gasteiger partial charge in [0.15, 0.2) is 0 Å². The molecule has 0 bridgehead atoms. The normalized spacial score (nSPS) is 11.8. The van der Waals surface area contributed by atoms with Crippen molar-refractivity contribution in [3.63, 3.8) is 0 Å². The van der Waals surface area contributed by atoms with E-state index in [2.05, 4.69) is 5.32 Å². The topological polar surface area (TPSA) is 136 Å². The number of aliphatic carboxylic acids is 1. The zero-order chi connectivity index (χ0) is 11.8. The molecule has 0 aromatic heterocycles. The smallest absolute Gasteiger partial charge is 0.326 e. The molecule has 0 aliphatic rings. The van der Waals surface area contributed by atoms with E-state index in [-0.39, 0.29) is 25.8 Å². The van der Waals surface area contributed by atoms with Crippen molar-refractivity contribution in [3.05, 3.63) is 0 Å². The second-order valence-electron chi connectivity index (χ2n) is 3.00. The van der Waals surface area contributed by atoms with E-state index in [4.69, 9.17) is 16.6 Å². The quantitative estimate of drug-likeness (QED) is 0.397. The molecule has 0 radical (unpaired) electrons. The lowest BCUT2D eigenvalue weighted by Crippen LogP contribution is -2.41. The van der Waals surface area contributed by atoms with Gasteiger partial charge in [-0.05, 0) is 6.42 Å². The van der Waals surface area contributed by atoms with Gasteiger partial charge in [-0.25, -0.2) is 4.79 Å². The summed E-state index contributed by atoms with van der Waals surface area (Å²) in [6, 6.07) is -1.09. The molecular formula is C8H15N3O4. The lowest BCUT2D eigenvalue weighted by atomic mass is 10.1. The highest BCUT2D eigenvalue weighted by Crippen LogP contribution is 1.97. The van der Waals surface area contributed by atoms with Crippen LogP contribution in [0.15, 0.2) is 0 Å². The summed E-state index contributed by atoms with van der Waals surface area (Å²) < 4.78 is 0. The molecule has 1 atom stereocenters. The van der Waals surface area contributed by atoms with Gasteiger partial charge in [-0.15, -0.1) is 0 Å².